The van der Waals surface area contributed by atoms with E-state index in [0.717, 1.165) is 24.0 Å². The van der Waals surface area contributed by atoms with Gasteiger partial charge in [0, 0.05) is 43.3 Å². The Kier molecular flexibility index (Phi) is 4.77. The van der Waals surface area contributed by atoms with Gasteiger partial charge in [-0.15, -0.1) is 0 Å². The molecule has 2 aromatic carbocycles. The summed E-state index contributed by atoms with van der Waals surface area (Å²) < 4.78 is 0. The molecule has 0 atom stereocenters. The molecular formula is C19H21N7O3. The molecular weight excluding hydrogens is 374 g/mol. The van der Waals surface area contributed by atoms with Gasteiger partial charge in [-0.25, -0.2) is 0 Å². The number of aromatic amines is 1. The lowest BCUT2D eigenvalue weighted by molar-refractivity contribution is -0.383. The summed E-state index contributed by atoms with van der Waals surface area (Å²) in [5.74, 6) is -0.426. The Morgan fingerprint density at radius 3 is 2.72 bits per heavy atom. The van der Waals surface area contributed by atoms with Crippen LogP contribution < -0.4 is 16.0 Å². The maximum Gasteiger partial charge on any atom is 0.293 e. The molecule has 4 N–H and O–H groups in total. The molecule has 10 nitrogen and oxygen atoms in total. The van der Waals surface area contributed by atoms with Gasteiger partial charge in [-0.3, -0.25) is 20.0 Å². The van der Waals surface area contributed by atoms with Crippen LogP contribution in [0.5, 0.6) is 0 Å². The lowest BCUT2D eigenvalue weighted by atomic mass is 10.1. The van der Waals surface area contributed by atoms with Gasteiger partial charge in [0.1, 0.15) is 5.69 Å². The van der Waals surface area contributed by atoms with E-state index in [4.69, 9.17) is 5.73 Å². The molecule has 0 spiro atoms. The van der Waals surface area contributed by atoms with Crippen molar-refractivity contribution >= 4 is 39.6 Å². The molecule has 0 radical (unpaired) electrons. The van der Waals surface area contributed by atoms with Crippen LogP contribution in [0.3, 0.4) is 0 Å². The van der Waals surface area contributed by atoms with Gasteiger partial charge in [0.25, 0.3) is 11.6 Å². The Hall–Kier alpha value is -3.66. The van der Waals surface area contributed by atoms with Crippen molar-refractivity contribution in [2.75, 3.05) is 49.2 Å². The van der Waals surface area contributed by atoms with Gasteiger partial charge in [0.2, 0.25) is 0 Å². The average Bonchev–Trinajstić information content (AvgIpc) is 3.16. The normalized spacial score (nSPS) is 14.9. The Bertz CT molecular complexity index is 1090. The number of anilines is 3. The zero-order valence-electron chi connectivity index (χ0n) is 15.9. The molecule has 1 amide bonds. The van der Waals surface area contributed by atoms with Crippen LogP contribution in [0, 0.1) is 10.1 Å². The standard InChI is InChI=1S/C19H21N7O3/c1-24-4-6-25(7-5-24)17-10-15(20)18(26(28)29)9-14(17)19(27)22-13-2-3-16-12(8-13)11-21-23-16/h2-3,8-11H,4-7,20H2,1H3,(H,21,23)(H,22,27). The van der Waals surface area contributed by atoms with E-state index in [0.29, 0.717) is 24.5 Å². The fourth-order valence-electron chi connectivity index (χ4n) is 3.46. The highest BCUT2D eigenvalue weighted by atomic mass is 16.6. The summed E-state index contributed by atoms with van der Waals surface area (Å²) >= 11 is 0. The summed E-state index contributed by atoms with van der Waals surface area (Å²) in [6.07, 6.45) is 1.66. The largest absolute Gasteiger partial charge is 0.393 e. The van der Waals surface area contributed by atoms with E-state index in [9.17, 15) is 14.9 Å². The average molecular weight is 395 g/mol. The molecule has 10 heteroatoms. The van der Waals surface area contributed by atoms with Crippen LogP contribution in [0.2, 0.25) is 0 Å². The predicted molar refractivity (Wildman–Crippen MR) is 111 cm³/mol. The second-order valence-corrected chi connectivity index (χ2v) is 7.10. The van der Waals surface area contributed by atoms with E-state index < -0.39 is 10.8 Å². The molecule has 0 saturated carbocycles. The minimum Gasteiger partial charge on any atom is -0.393 e. The third-order valence-electron chi connectivity index (χ3n) is 5.13. The fourth-order valence-corrected chi connectivity index (χ4v) is 3.46. The topological polar surface area (TPSA) is 133 Å². The lowest BCUT2D eigenvalue weighted by Gasteiger charge is -2.35. The monoisotopic (exact) mass is 395 g/mol. The van der Waals surface area contributed by atoms with E-state index in [-0.39, 0.29) is 16.9 Å². The van der Waals surface area contributed by atoms with Crippen LogP contribution in [0.25, 0.3) is 10.9 Å². The molecule has 0 aliphatic carbocycles. The molecule has 0 bridgehead atoms. The number of H-pyrrole nitrogens is 1. The highest BCUT2D eigenvalue weighted by Crippen LogP contribution is 2.33. The number of nitrogens with one attached hydrogen (secondary N) is 2. The Labute approximate surface area is 166 Å². The first-order valence-electron chi connectivity index (χ1n) is 9.18. The highest BCUT2D eigenvalue weighted by Gasteiger charge is 2.25. The van der Waals surface area contributed by atoms with E-state index in [1.165, 1.54) is 12.1 Å². The molecule has 1 aromatic heterocycles. The number of nitrogens with zero attached hydrogens (tertiary/aromatic N) is 4. The van der Waals surface area contributed by atoms with Gasteiger partial charge in [-0.05, 0) is 31.3 Å². The number of rotatable bonds is 4. The van der Waals surface area contributed by atoms with Crippen molar-refractivity contribution in [3.63, 3.8) is 0 Å². The molecule has 1 aliphatic heterocycles. The number of piperazine rings is 1. The zero-order valence-corrected chi connectivity index (χ0v) is 15.9. The summed E-state index contributed by atoms with van der Waals surface area (Å²) in [5.41, 5.74) is 7.92. The summed E-state index contributed by atoms with van der Waals surface area (Å²) in [5, 5.41) is 21.9. The number of nitro benzene ring substituents is 1. The number of likely N-dealkylation sites (N-methyl/N-ethyl adjacent to an activating group) is 1. The van der Waals surface area contributed by atoms with E-state index >= 15 is 0 Å². The Morgan fingerprint density at radius 2 is 2.00 bits per heavy atom. The first-order valence-corrected chi connectivity index (χ1v) is 9.18. The van der Waals surface area contributed by atoms with E-state index in [1.807, 2.05) is 18.0 Å². The highest BCUT2D eigenvalue weighted by molar-refractivity contribution is 6.09. The molecule has 1 saturated heterocycles. The van der Waals surface area contributed by atoms with Crippen molar-refractivity contribution in [2.45, 2.75) is 0 Å². The summed E-state index contributed by atoms with van der Waals surface area (Å²) in [6, 6.07) is 8.13. The van der Waals surface area contributed by atoms with Gasteiger partial charge in [-0.2, -0.15) is 5.10 Å². The molecule has 3 aromatic rings. The minimum atomic E-state index is -0.572. The number of carbonyl (C=O) groups excluding carboxylic acids is 1. The second-order valence-electron chi connectivity index (χ2n) is 7.10. The number of carbonyl (C=O) groups is 1. The summed E-state index contributed by atoms with van der Waals surface area (Å²) in [7, 11) is 2.03. The zero-order chi connectivity index (χ0) is 20.5. The van der Waals surface area contributed by atoms with Crippen molar-refractivity contribution < 1.29 is 9.72 Å². The first kappa shape index (κ1) is 18.7. The number of fused-ring (bicyclic) bond motifs is 1. The molecule has 4 rings (SSSR count). The summed E-state index contributed by atoms with van der Waals surface area (Å²) in [4.78, 5) is 28.1. The number of hydrogen-bond donors (Lipinski definition) is 3. The third kappa shape index (κ3) is 3.69. The predicted octanol–water partition coefficient (Wildman–Crippen LogP) is 2.06. The van der Waals surface area contributed by atoms with Crippen molar-refractivity contribution in [1.29, 1.82) is 0 Å². The van der Waals surface area contributed by atoms with Gasteiger partial charge in [0.05, 0.1) is 27.9 Å². The number of hydrogen-bond acceptors (Lipinski definition) is 7. The van der Waals surface area contributed by atoms with Crippen LogP contribution in [-0.2, 0) is 0 Å². The number of nitrogens with two attached hydrogens (primary N) is 1. The number of amides is 1. The van der Waals surface area contributed by atoms with Crippen LogP contribution in [0.4, 0.5) is 22.7 Å². The van der Waals surface area contributed by atoms with Crippen molar-refractivity contribution in [1.82, 2.24) is 15.1 Å². The van der Waals surface area contributed by atoms with Crippen molar-refractivity contribution in [3.8, 4) is 0 Å². The van der Waals surface area contributed by atoms with Crippen LogP contribution in [0.15, 0.2) is 36.5 Å². The quantitative estimate of drug-likeness (QED) is 0.350. The SMILES string of the molecule is CN1CCN(c2cc(N)c([N+](=O)[O-])cc2C(=O)Nc2ccc3[nH]ncc3c2)CC1. The lowest BCUT2D eigenvalue weighted by Crippen LogP contribution is -2.45. The van der Waals surface area contributed by atoms with Gasteiger partial charge < -0.3 is 20.9 Å². The Morgan fingerprint density at radius 1 is 1.24 bits per heavy atom. The van der Waals surface area contributed by atoms with Gasteiger partial charge in [0.15, 0.2) is 0 Å². The summed E-state index contributed by atoms with van der Waals surface area (Å²) in [6.45, 7) is 3.06. The second kappa shape index (κ2) is 7.40. The molecule has 2 heterocycles. The maximum atomic E-state index is 13.1. The first-order chi connectivity index (χ1) is 13.9. The molecule has 29 heavy (non-hydrogen) atoms. The van der Waals surface area contributed by atoms with E-state index in [2.05, 4.69) is 20.4 Å². The van der Waals surface area contributed by atoms with Gasteiger partial charge >= 0.3 is 0 Å². The maximum absolute atomic E-state index is 13.1. The number of nitrogen functional groups attached to an aromatic ring is 1. The fraction of sp³-hybridized carbons (Fsp3) is 0.263. The van der Waals surface area contributed by atoms with Crippen molar-refractivity contribution in [2.24, 2.45) is 0 Å². The molecule has 1 fully saturated rings. The van der Waals surface area contributed by atoms with Crippen LogP contribution >= 0.6 is 0 Å². The van der Waals surface area contributed by atoms with E-state index in [1.54, 1.807) is 18.3 Å². The molecule has 0 unspecified atom stereocenters. The molecule has 150 valence electrons. The van der Waals surface area contributed by atoms with Gasteiger partial charge in [-0.1, -0.05) is 0 Å². The smallest absolute Gasteiger partial charge is 0.293 e. The third-order valence-corrected chi connectivity index (χ3v) is 5.13. The minimum absolute atomic E-state index is 0.0419. The number of benzene rings is 2. The number of nitro groups is 1. The molecule has 1 aliphatic rings. The van der Waals surface area contributed by atoms with Crippen LogP contribution in [0.1, 0.15) is 10.4 Å². The number of aromatic nitrogens is 2. The van der Waals surface area contributed by atoms with Crippen molar-refractivity contribution in [3.05, 3.63) is 52.2 Å². The van der Waals surface area contributed by atoms with Crippen LogP contribution in [-0.4, -0.2) is 59.2 Å². The Balaban J connectivity index is 1.70.